The van der Waals surface area contributed by atoms with Gasteiger partial charge in [0.1, 0.15) is 17.4 Å². The van der Waals surface area contributed by atoms with Crippen LogP contribution in [0.5, 0.6) is 5.75 Å². The topological polar surface area (TPSA) is 59.4 Å². The van der Waals surface area contributed by atoms with Gasteiger partial charge in [-0.1, -0.05) is 0 Å². The monoisotopic (exact) mass is 369 g/mol. The number of nitrogens with zero attached hydrogens (tertiary/aromatic N) is 1. The Morgan fingerprint density at radius 2 is 1.77 bits per heavy atom. The maximum Gasteiger partial charge on any atom is 0.573 e. The summed E-state index contributed by atoms with van der Waals surface area (Å²) in [7, 11) is 0. The average Bonchev–Trinajstić information content (AvgIpc) is 2.52. The Morgan fingerprint density at radius 3 is 2.38 bits per heavy atom. The minimum atomic E-state index is -4.94. The van der Waals surface area contributed by atoms with Gasteiger partial charge < -0.3 is 9.84 Å². The maximum absolute atomic E-state index is 13.9. The van der Waals surface area contributed by atoms with Crippen LogP contribution in [-0.2, 0) is 0 Å². The van der Waals surface area contributed by atoms with Gasteiger partial charge in [-0.25, -0.2) is 18.6 Å². The van der Waals surface area contributed by atoms with Gasteiger partial charge in [-0.05, 0) is 36.4 Å². The highest BCUT2D eigenvalue weighted by Crippen LogP contribution is 2.31. The average molecular weight is 369 g/mol. The number of fused-ring (bicyclic) bond motifs is 1. The lowest BCUT2D eigenvalue weighted by atomic mass is 10.0. The van der Waals surface area contributed by atoms with Crippen molar-refractivity contribution in [2.24, 2.45) is 0 Å². The number of pyridine rings is 1. The summed E-state index contributed by atoms with van der Waals surface area (Å²) in [6, 6.07) is 6.63. The van der Waals surface area contributed by atoms with E-state index in [0.717, 1.165) is 36.4 Å². The molecule has 0 unspecified atom stereocenters. The van der Waals surface area contributed by atoms with Gasteiger partial charge in [0.05, 0.1) is 16.8 Å². The molecule has 1 heterocycles. The summed E-state index contributed by atoms with van der Waals surface area (Å²) in [6.45, 7) is 0. The number of rotatable bonds is 3. The number of aromatic carboxylic acids is 1. The molecule has 1 N–H and O–H groups in total. The lowest BCUT2D eigenvalue weighted by molar-refractivity contribution is -0.274. The van der Waals surface area contributed by atoms with Crippen LogP contribution in [0.2, 0.25) is 0 Å². The van der Waals surface area contributed by atoms with Crippen LogP contribution in [0.3, 0.4) is 0 Å². The fraction of sp³-hybridized carbons (Fsp3) is 0.0588. The minimum absolute atomic E-state index is 0.0122. The second-order valence-corrected chi connectivity index (χ2v) is 5.21. The molecular formula is C17H8F5NO3. The molecular weight excluding hydrogens is 361 g/mol. The number of carboxylic acids is 1. The van der Waals surface area contributed by atoms with E-state index in [1.165, 1.54) is 0 Å². The zero-order valence-electron chi connectivity index (χ0n) is 12.6. The van der Waals surface area contributed by atoms with E-state index in [1.54, 1.807) is 0 Å². The molecule has 3 aromatic rings. The molecule has 2 aromatic carbocycles. The van der Waals surface area contributed by atoms with Crippen LogP contribution >= 0.6 is 0 Å². The zero-order valence-corrected chi connectivity index (χ0v) is 12.6. The third-order valence-electron chi connectivity index (χ3n) is 3.45. The lowest BCUT2D eigenvalue weighted by Crippen LogP contribution is -2.17. The van der Waals surface area contributed by atoms with E-state index in [4.69, 9.17) is 0 Å². The Labute approximate surface area is 142 Å². The molecule has 0 radical (unpaired) electrons. The molecule has 0 aliphatic heterocycles. The summed E-state index contributed by atoms with van der Waals surface area (Å²) < 4.78 is 67.8. The summed E-state index contributed by atoms with van der Waals surface area (Å²) in [6.07, 6.45) is -4.94. The van der Waals surface area contributed by atoms with Crippen molar-refractivity contribution in [3.05, 3.63) is 59.7 Å². The number of carboxylic acid groups (broad SMARTS) is 1. The van der Waals surface area contributed by atoms with Crippen molar-refractivity contribution in [3.63, 3.8) is 0 Å². The summed E-state index contributed by atoms with van der Waals surface area (Å²) in [4.78, 5) is 15.5. The number of ether oxygens (including phenoxy) is 1. The first-order valence-electron chi connectivity index (χ1n) is 7.03. The van der Waals surface area contributed by atoms with Gasteiger partial charge in [-0.2, -0.15) is 0 Å². The van der Waals surface area contributed by atoms with E-state index in [-0.39, 0.29) is 22.2 Å². The van der Waals surface area contributed by atoms with Gasteiger partial charge in [0.15, 0.2) is 0 Å². The molecule has 0 aliphatic carbocycles. The van der Waals surface area contributed by atoms with Gasteiger partial charge in [-0.15, -0.1) is 13.2 Å². The molecule has 0 bridgehead atoms. The Morgan fingerprint density at radius 1 is 1.04 bits per heavy atom. The van der Waals surface area contributed by atoms with Crippen molar-refractivity contribution in [2.45, 2.75) is 6.36 Å². The number of benzene rings is 2. The van der Waals surface area contributed by atoms with E-state index < -0.39 is 35.3 Å². The predicted molar refractivity (Wildman–Crippen MR) is 80.7 cm³/mol. The summed E-state index contributed by atoms with van der Waals surface area (Å²) in [5, 5.41) is 9.23. The van der Waals surface area contributed by atoms with Crippen LogP contribution in [0.4, 0.5) is 22.0 Å². The Bertz CT molecular complexity index is 1020. The molecule has 0 spiro atoms. The molecule has 0 saturated heterocycles. The van der Waals surface area contributed by atoms with Crippen LogP contribution in [0, 0.1) is 11.6 Å². The second kappa shape index (κ2) is 6.25. The van der Waals surface area contributed by atoms with Gasteiger partial charge >= 0.3 is 12.3 Å². The highest BCUT2D eigenvalue weighted by molar-refractivity contribution is 6.04. The van der Waals surface area contributed by atoms with E-state index in [9.17, 15) is 31.9 Å². The fourth-order valence-corrected chi connectivity index (χ4v) is 2.41. The highest BCUT2D eigenvalue weighted by Gasteiger charge is 2.31. The molecule has 0 fully saturated rings. The fourth-order valence-electron chi connectivity index (χ4n) is 2.41. The number of carbonyl (C=O) groups is 1. The summed E-state index contributed by atoms with van der Waals surface area (Å²) >= 11 is 0. The molecule has 134 valence electrons. The zero-order chi connectivity index (χ0) is 19.1. The molecule has 0 amide bonds. The first kappa shape index (κ1) is 17.6. The SMILES string of the molecule is O=C(O)c1cc(-c2ccc(F)cc2F)nc2ccc(OC(F)(F)F)cc12. The Balaban J connectivity index is 2.20. The number of alkyl halides is 3. The number of hydrogen-bond donors (Lipinski definition) is 1. The molecule has 0 saturated carbocycles. The van der Waals surface area contributed by atoms with Gasteiger partial charge in [0.25, 0.3) is 0 Å². The van der Waals surface area contributed by atoms with E-state index in [2.05, 4.69) is 9.72 Å². The molecule has 0 atom stereocenters. The molecule has 4 nitrogen and oxygen atoms in total. The van der Waals surface area contributed by atoms with E-state index >= 15 is 0 Å². The van der Waals surface area contributed by atoms with Crippen molar-refractivity contribution in [2.75, 3.05) is 0 Å². The Hall–Kier alpha value is -3.23. The molecule has 26 heavy (non-hydrogen) atoms. The summed E-state index contributed by atoms with van der Waals surface area (Å²) in [5.74, 6) is -3.84. The van der Waals surface area contributed by atoms with Gasteiger partial charge in [-0.3, -0.25) is 0 Å². The van der Waals surface area contributed by atoms with Crippen molar-refractivity contribution in [1.29, 1.82) is 0 Å². The standard InChI is InChI=1S/C17H8F5NO3/c18-8-1-3-10(13(19)5-8)15-7-12(16(24)25)11-6-9(26-17(20,21)22)2-4-14(11)23-15/h1-7H,(H,24,25). The van der Waals surface area contributed by atoms with Crippen LogP contribution in [0.15, 0.2) is 42.5 Å². The van der Waals surface area contributed by atoms with Crippen molar-refractivity contribution in [1.82, 2.24) is 4.98 Å². The number of aromatic nitrogens is 1. The van der Waals surface area contributed by atoms with Gasteiger partial charge in [0.2, 0.25) is 0 Å². The molecule has 0 aliphatic rings. The van der Waals surface area contributed by atoms with Crippen LogP contribution in [0.1, 0.15) is 10.4 Å². The largest absolute Gasteiger partial charge is 0.573 e. The quantitative estimate of drug-likeness (QED) is 0.676. The minimum Gasteiger partial charge on any atom is -0.478 e. The van der Waals surface area contributed by atoms with Crippen molar-refractivity contribution >= 4 is 16.9 Å². The number of halogens is 5. The first-order valence-corrected chi connectivity index (χ1v) is 7.03. The van der Waals surface area contributed by atoms with Crippen molar-refractivity contribution in [3.8, 4) is 17.0 Å². The highest BCUT2D eigenvalue weighted by atomic mass is 19.4. The normalized spacial score (nSPS) is 11.6. The third-order valence-corrected chi connectivity index (χ3v) is 3.45. The lowest BCUT2D eigenvalue weighted by Gasteiger charge is -2.11. The van der Waals surface area contributed by atoms with E-state index in [1.807, 2.05) is 0 Å². The van der Waals surface area contributed by atoms with Crippen LogP contribution in [-0.4, -0.2) is 22.4 Å². The smallest absolute Gasteiger partial charge is 0.478 e. The number of hydrogen-bond acceptors (Lipinski definition) is 3. The van der Waals surface area contributed by atoms with Crippen LogP contribution < -0.4 is 4.74 Å². The molecule has 9 heteroatoms. The second-order valence-electron chi connectivity index (χ2n) is 5.21. The molecule has 3 rings (SSSR count). The molecule has 1 aromatic heterocycles. The van der Waals surface area contributed by atoms with E-state index in [0.29, 0.717) is 6.07 Å². The van der Waals surface area contributed by atoms with Crippen LogP contribution in [0.25, 0.3) is 22.2 Å². The first-order chi connectivity index (χ1) is 12.1. The predicted octanol–water partition coefficient (Wildman–Crippen LogP) is 4.78. The Kier molecular flexibility index (Phi) is 4.23. The third kappa shape index (κ3) is 3.56. The van der Waals surface area contributed by atoms with Crippen molar-refractivity contribution < 1.29 is 36.6 Å². The maximum atomic E-state index is 13.9. The summed E-state index contributed by atoms with van der Waals surface area (Å²) in [5.41, 5.74) is -0.636. The van der Waals surface area contributed by atoms with Gasteiger partial charge in [0, 0.05) is 17.0 Å².